The van der Waals surface area contributed by atoms with Crippen molar-refractivity contribution in [3.8, 4) is 17.6 Å². The molecule has 146 valence electrons. The average molecular weight is 407 g/mol. The van der Waals surface area contributed by atoms with Gasteiger partial charge in [0, 0.05) is 35.3 Å². The van der Waals surface area contributed by atoms with E-state index in [0.29, 0.717) is 46.3 Å². The lowest BCUT2D eigenvalue weighted by molar-refractivity contribution is -0.134. The summed E-state index contributed by atoms with van der Waals surface area (Å²) in [7, 11) is 1.73. The lowest BCUT2D eigenvalue weighted by Crippen LogP contribution is -2.07. The van der Waals surface area contributed by atoms with E-state index in [9.17, 15) is 14.0 Å². The van der Waals surface area contributed by atoms with Gasteiger partial charge in [-0.25, -0.2) is 14.0 Å². The first-order valence-corrected chi connectivity index (χ1v) is 8.09. The van der Waals surface area contributed by atoms with Crippen molar-refractivity contribution in [2.24, 2.45) is 0 Å². The Kier molecular flexibility index (Phi) is 9.16. The molecule has 0 heterocycles. The fourth-order valence-electron chi connectivity index (χ4n) is 1.88. The smallest absolute Gasteiger partial charge is 0.328 e. The van der Waals surface area contributed by atoms with Crippen LogP contribution in [0.2, 0.25) is 5.02 Å². The molecule has 7 nitrogen and oxygen atoms in total. The van der Waals surface area contributed by atoms with E-state index < -0.39 is 11.9 Å². The van der Waals surface area contributed by atoms with E-state index in [1.165, 1.54) is 12.1 Å². The van der Waals surface area contributed by atoms with Gasteiger partial charge in [-0.2, -0.15) is 5.26 Å². The molecule has 0 unspecified atom stereocenters. The molecule has 2 aromatic rings. The summed E-state index contributed by atoms with van der Waals surface area (Å²) in [6.07, 6.45) is 1.12. The second-order valence-electron chi connectivity index (χ2n) is 5.15. The van der Waals surface area contributed by atoms with Crippen LogP contribution in [0.5, 0.6) is 11.5 Å². The Balaban J connectivity index is 0.000000416. The summed E-state index contributed by atoms with van der Waals surface area (Å²) in [5, 5.41) is 28.0. The molecule has 0 aliphatic carbocycles. The van der Waals surface area contributed by atoms with Gasteiger partial charge in [-0.15, -0.1) is 0 Å². The number of nitrogens with zero attached hydrogens (tertiary/aromatic N) is 1. The molecule has 0 fully saturated rings. The number of carbonyl (C=O) groups is 2. The quantitative estimate of drug-likeness (QED) is 0.627. The third-order valence-electron chi connectivity index (χ3n) is 3.04. The number of ether oxygens (including phenoxy) is 1. The van der Waals surface area contributed by atoms with Crippen LogP contribution >= 0.6 is 11.6 Å². The lowest BCUT2D eigenvalue weighted by Gasteiger charge is -2.10. The molecular formula is C19H16ClFN2O5. The van der Waals surface area contributed by atoms with Gasteiger partial charge in [-0.3, -0.25) is 0 Å². The number of nitrogens with one attached hydrogen (secondary N) is 1. The molecule has 28 heavy (non-hydrogen) atoms. The predicted octanol–water partition coefficient (Wildman–Crippen LogP) is 3.57. The zero-order valence-electron chi connectivity index (χ0n) is 14.6. The molecule has 0 aliphatic rings. The van der Waals surface area contributed by atoms with E-state index in [1.807, 2.05) is 6.07 Å². The molecule has 9 heteroatoms. The van der Waals surface area contributed by atoms with E-state index in [1.54, 1.807) is 31.3 Å². The van der Waals surface area contributed by atoms with Crippen molar-refractivity contribution in [1.82, 2.24) is 5.32 Å². The third kappa shape index (κ3) is 7.86. The average Bonchev–Trinajstić information content (AvgIpc) is 2.64. The van der Waals surface area contributed by atoms with Crippen molar-refractivity contribution in [2.75, 3.05) is 7.05 Å². The van der Waals surface area contributed by atoms with Crippen LogP contribution in [0.15, 0.2) is 48.6 Å². The van der Waals surface area contributed by atoms with Crippen molar-refractivity contribution >= 4 is 23.5 Å². The van der Waals surface area contributed by atoms with Crippen molar-refractivity contribution in [3.63, 3.8) is 0 Å². The number of carboxylic acids is 2. The highest BCUT2D eigenvalue weighted by atomic mass is 35.5. The second kappa shape index (κ2) is 11.3. The zero-order chi connectivity index (χ0) is 21.1. The molecule has 0 aromatic heterocycles. The molecule has 0 radical (unpaired) electrons. The Morgan fingerprint density at radius 3 is 2.39 bits per heavy atom. The fraction of sp³-hybridized carbons (Fsp3) is 0.105. The first-order valence-electron chi connectivity index (χ1n) is 7.71. The summed E-state index contributed by atoms with van der Waals surface area (Å²) < 4.78 is 19.2. The minimum absolute atomic E-state index is 0.307. The number of halogens is 2. The molecule has 0 atom stereocenters. The first kappa shape index (κ1) is 22.6. The van der Waals surface area contributed by atoms with Gasteiger partial charge in [-0.1, -0.05) is 11.6 Å². The molecule has 0 bridgehead atoms. The Hall–Kier alpha value is -3.41. The monoisotopic (exact) mass is 406 g/mol. The van der Waals surface area contributed by atoms with Gasteiger partial charge >= 0.3 is 11.9 Å². The molecule has 2 aromatic carbocycles. The minimum atomic E-state index is -1.26. The van der Waals surface area contributed by atoms with Gasteiger partial charge in [0.1, 0.15) is 23.4 Å². The molecule has 0 saturated carbocycles. The summed E-state index contributed by atoms with van der Waals surface area (Å²) in [4.78, 5) is 19.1. The van der Waals surface area contributed by atoms with Gasteiger partial charge in [-0.05, 0) is 37.4 Å². The minimum Gasteiger partial charge on any atom is -0.478 e. The number of carboxylic acid groups (broad SMARTS) is 2. The maximum absolute atomic E-state index is 13.5. The SMILES string of the molecule is CNCc1cc(Oc2cc(Cl)ccc2C#N)ccc1F.O=C(O)/C=C/C(=O)O. The number of rotatable bonds is 6. The number of hydrogen-bond donors (Lipinski definition) is 3. The van der Waals surface area contributed by atoms with E-state index in [-0.39, 0.29) is 5.82 Å². The normalized spacial score (nSPS) is 9.93. The largest absolute Gasteiger partial charge is 0.478 e. The van der Waals surface area contributed by atoms with E-state index >= 15 is 0 Å². The van der Waals surface area contributed by atoms with Crippen LogP contribution in [-0.4, -0.2) is 29.2 Å². The van der Waals surface area contributed by atoms with Crippen LogP contribution < -0.4 is 10.1 Å². The summed E-state index contributed by atoms with van der Waals surface area (Å²) in [6.45, 7) is 0.393. The first-order chi connectivity index (χ1) is 13.3. The molecule has 0 saturated heterocycles. The zero-order valence-corrected chi connectivity index (χ0v) is 15.4. The summed E-state index contributed by atoms with van der Waals surface area (Å²) >= 11 is 5.89. The Morgan fingerprint density at radius 1 is 1.21 bits per heavy atom. The standard InChI is InChI=1S/C15H12ClFN2O.C4H4O4/c1-19-9-11-6-13(4-5-14(11)17)20-15-7-12(16)3-2-10(15)8-18;5-3(6)1-2-4(7)8/h2-7,19H,9H2,1H3;1-2H,(H,5,6)(H,7,8)/b;2-1+. The molecule has 0 amide bonds. The number of aliphatic carboxylic acids is 2. The van der Waals surface area contributed by atoms with Gasteiger partial charge in [0.2, 0.25) is 0 Å². The van der Waals surface area contributed by atoms with Crippen LogP contribution in [0, 0.1) is 17.1 Å². The van der Waals surface area contributed by atoms with Gasteiger partial charge in [0.25, 0.3) is 0 Å². The van der Waals surface area contributed by atoms with Crippen molar-refractivity contribution < 1.29 is 28.9 Å². The Morgan fingerprint density at radius 2 is 1.86 bits per heavy atom. The fourth-order valence-corrected chi connectivity index (χ4v) is 2.05. The number of nitriles is 1. The summed E-state index contributed by atoms with van der Waals surface area (Å²) in [5.74, 6) is -2.02. The predicted molar refractivity (Wildman–Crippen MR) is 99.8 cm³/mol. The highest BCUT2D eigenvalue weighted by molar-refractivity contribution is 6.30. The van der Waals surface area contributed by atoms with Crippen LogP contribution in [0.25, 0.3) is 0 Å². The van der Waals surface area contributed by atoms with Gasteiger partial charge in [0.15, 0.2) is 0 Å². The highest BCUT2D eigenvalue weighted by Crippen LogP contribution is 2.29. The maximum Gasteiger partial charge on any atom is 0.328 e. The number of benzene rings is 2. The van der Waals surface area contributed by atoms with Crippen LogP contribution in [-0.2, 0) is 16.1 Å². The Bertz CT molecular complexity index is 909. The highest BCUT2D eigenvalue weighted by Gasteiger charge is 2.08. The third-order valence-corrected chi connectivity index (χ3v) is 3.28. The van der Waals surface area contributed by atoms with Crippen molar-refractivity contribution in [3.05, 3.63) is 70.5 Å². The summed E-state index contributed by atoms with van der Waals surface area (Å²) in [6, 6.07) is 11.2. The van der Waals surface area contributed by atoms with Gasteiger partial charge in [0.05, 0.1) is 5.56 Å². The van der Waals surface area contributed by atoms with E-state index in [0.717, 1.165) is 0 Å². The number of hydrogen-bond acceptors (Lipinski definition) is 5. The molecule has 3 N–H and O–H groups in total. The lowest BCUT2D eigenvalue weighted by atomic mass is 10.2. The van der Waals surface area contributed by atoms with E-state index in [4.69, 9.17) is 31.8 Å². The molecule has 2 rings (SSSR count). The van der Waals surface area contributed by atoms with Crippen molar-refractivity contribution in [1.29, 1.82) is 5.26 Å². The molecule has 0 spiro atoms. The topological polar surface area (TPSA) is 120 Å². The second-order valence-corrected chi connectivity index (χ2v) is 5.58. The molecular weight excluding hydrogens is 391 g/mol. The van der Waals surface area contributed by atoms with Crippen molar-refractivity contribution in [2.45, 2.75) is 6.54 Å². The Labute approximate surface area is 165 Å². The van der Waals surface area contributed by atoms with E-state index in [2.05, 4.69) is 5.32 Å². The maximum atomic E-state index is 13.5. The molecule has 0 aliphatic heterocycles. The van der Waals surface area contributed by atoms with Crippen LogP contribution in [0.1, 0.15) is 11.1 Å². The van der Waals surface area contributed by atoms with Crippen LogP contribution in [0.3, 0.4) is 0 Å². The van der Waals surface area contributed by atoms with Gasteiger partial charge < -0.3 is 20.3 Å². The van der Waals surface area contributed by atoms with Crippen LogP contribution in [0.4, 0.5) is 4.39 Å². The summed E-state index contributed by atoms with van der Waals surface area (Å²) in [5.41, 5.74) is 0.861.